The van der Waals surface area contributed by atoms with Gasteiger partial charge in [-0.2, -0.15) is 0 Å². The topological polar surface area (TPSA) is 342 Å². The third kappa shape index (κ3) is 58.2. The van der Waals surface area contributed by atoms with Crippen molar-refractivity contribution in [1.82, 2.24) is 26.6 Å². The molecular weight excluding hydrogens is 1280 g/mol. The second-order valence-electron chi connectivity index (χ2n) is 25.7. The molecule has 0 fully saturated rings. The summed E-state index contributed by atoms with van der Waals surface area (Å²) in [5, 5.41) is 24.6. The average Bonchev–Trinajstić information content (AvgIpc) is 3.32. The highest BCUT2D eigenvalue weighted by Crippen LogP contribution is 2.44. The van der Waals surface area contributed by atoms with Crippen LogP contribution in [0.5, 0.6) is 0 Å². The molecule has 0 bridgehead atoms. The smallest absolute Gasteiger partial charge is 0.435 e. The van der Waals surface area contributed by atoms with Gasteiger partial charge in [-0.15, -0.1) is 0 Å². The predicted molar refractivity (Wildman–Crippen MR) is 345 cm³/mol. The van der Waals surface area contributed by atoms with Crippen LogP contribution in [0, 0.1) is 0 Å². The summed E-state index contributed by atoms with van der Waals surface area (Å²) in [7, 11) is -5.60. The lowest BCUT2D eigenvalue weighted by Crippen LogP contribution is -2.59. The van der Waals surface area contributed by atoms with E-state index < -0.39 is 82.9 Å². The minimum atomic E-state index is -4.05. The van der Waals surface area contributed by atoms with E-state index >= 15 is 0 Å². The van der Waals surface area contributed by atoms with Gasteiger partial charge in [0.15, 0.2) is 8.32 Å². The molecule has 0 rings (SSSR count). The Labute approximate surface area is 513 Å². The maximum atomic E-state index is 11.9. The van der Waals surface area contributed by atoms with Gasteiger partial charge >= 0.3 is 66.3 Å². The van der Waals surface area contributed by atoms with E-state index in [2.05, 4.69) is 59.3 Å². The number of aliphatic hydroxyl groups is 1. The minimum Gasteiger partial charge on any atom is -0.435 e. The fourth-order valence-corrected chi connectivity index (χ4v) is 33.1. The van der Waals surface area contributed by atoms with Crippen LogP contribution in [0.1, 0.15) is 0 Å². The zero-order chi connectivity index (χ0) is 66.1. The van der Waals surface area contributed by atoms with Gasteiger partial charge in [-0.25, -0.2) is 13.7 Å². The highest BCUT2D eigenvalue weighted by atomic mass is 31.2. The summed E-state index contributed by atoms with van der Waals surface area (Å²) in [5.74, 6) is 0. The summed E-state index contributed by atoms with van der Waals surface area (Å²) in [4.78, 5) is 38.8. The lowest BCUT2D eigenvalue weighted by molar-refractivity contribution is -0.870. The molecule has 6 atom stereocenters. The maximum Gasteiger partial charge on any atom is 0.472 e. The van der Waals surface area contributed by atoms with E-state index in [1.165, 1.54) is 0 Å². The van der Waals surface area contributed by atoms with Crippen molar-refractivity contribution in [3.8, 4) is 0 Å². The number of quaternary nitrogens is 3. The molecule has 0 amide bonds. The molecule has 84 heavy (non-hydrogen) atoms. The van der Waals surface area contributed by atoms with Gasteiger partial charge in [-0.3, -0.25) is 27.1 Å². The van der Waals surface area contributed by atoms with Gasteiger partial charge in [0.25, 0.3) is 0 Å². The van der Waals surface area contributed by atoms with Crippen LogP contribution in [0.4, 0.5) is 0 Å². The molecule has 0 saturated heterocycles. The summed E-state index contributed by atoms with van der Waals surface area (Å²) in [6, 6.07) is 0. The van der Waals surface area contributed by atoms with E-state index in [-0.39, 0.29) is 46.2 Å². The summed E-state index contributed by atoms with van der Waals surface area (Å²) >= 11 is 0. The molecule has 0 aromatic rings. The number of ether oxygens (including phenoxy) is 1. The molecule has 0 spiro atoms. The van der Waals surface area contributed by atoms with Gasteiger partial charge in [-0.05, 0) is 78.6 Å². The summed E-state index contributed by atoms with van der Waals surface area (Å²) in [5.41, 5.74) is 0. The van der Waals surface area contributed by atoms with Crippen LogP contribution in [0.3, 0.4) is 0 Å². The van der Waals surface area contributed by atoms with Gasteiger partial charge in [0.05, 0.1) is 103 Å². The number of phosphoric ester groups is 3. The summed E-state index contributed by atoms with van der Waals surface area (Å²) in [6.07, 6.45) is 2.12. The predicted octanol–water partition coefficient (Wildman–Crippen LogP) is 2.16. The van der Waals surface area contributed by atoms with E-state index in [0.717, 1.165) is 0 Å². The Balaban J connectivity index is -0.00000119. The van der Waals surface area contributed by atoms with Crippen LogP contribution in [0.2, 0.25) is 78.6 Å². The van der Waals surface area contributed by atoms with Crippen LogP contribution in [0.15, 0.2) is 0 Å². The average molecular weight is 1410 g/mol. The number of phosphoric acid groups is 3. The summed E-state index contributed by atoms with van der Waals surface area (Å²) < 4.78 is 114. The van der Waals surface area contributed by atoms with Gasteiger partial charge in [0, 0.05) is 72.8 Å². The molecule has 10 N–H and O–H groups in total. The Kier molecular flexibility index (Phi) is 44.3. The van der Waals surface area contributed by atoms with Crippen molar-refractivity contribution in [1.29, 1.82) is 0 Å². The molecule has 30 nitrogen and oxygen atoms in total. The fraction of sp³-hybridized carbons (Fsp3) is 1.00. The lowest BCUT2D eigenvalue weighted by atomic mass is 10.5. The number of aliphatic hydroxyl groups excluding tert-OH is 1. The summed E-state index contributed by atoms with van der Waals surface area (Å²) in [6.45, 7) is 28.6. The van der Waals surface area contributed by atoms with Crippen LogP contribution in [0.25, 0.3) is 0 Å². The number of rotatable bonds is 49. The van der Waals surface area contributed by atoms with Crippen LogP contribution in [-0.2, 0) is 75.3 Å². The van der Waals surface area contributed by atoms with Gasteiger partial charge < -0.3 is 99.1 Å². The Morgan fingerprint density at radius 2 is 0.726 bits per heavy atom. The number of likely N-dealkylation sites (N-methyl/N-ethyl adjacent to an activating group) is 3. The first kappa shape index (κ1) is 89.3. The third-order valence-electron chi connectivity index (χ3n) is 10.4. The fourth-order valence-electron chi connectivity index (χ4n) is 6.59. The van der Waals surface area contributed by atoms with Gasteiger partial charge in [0.2, 0.25) is 8.32 Å². The second-order valence-corrected chi connectivity index (χ2v) is 56.2. The van der Waals surface area contributed by atoms with Gasteiger partial charge in [-0.1, -0.05) is 0 Å². The second kappa shape index (κ2) is 41.7. The molecule has 40 heteroatoms. The highest BCUT2D eigenvalue weighted by molar-refractivity contribution is 7.47. The number of hydrogen-bond acceptors (Lipinski definition) is 24. The van der Waals surface area contributed by atoms with Crippen molar-refractivity contribution in [3.05, 3.63) is 0 Å². The van der Waals surface area contributed by atoms with E-state index in [9.17, 15) is 33.2 Å². The molecule has 0 aliphatic heterocycles. The van der Waals surface area contributed by atoms with Crippen LogP contribution < -0.4 is 26.6 Å². The first-order chi connectivity index (χ1) is 37.8. The quantitative estimate of drug-likeness (QED) is 0.0137. The van der Waals surface area contributed by atoms with Crippen molar-refractivity contribution in [3.63, 3.8) is 0 Å². The number of nitrogens with one attached hydrogen (secondary N) is 5. The molecule has 0 radical (unpaired) electrons. The molecule has 0 aliphatic rings. The Morgan fingerprint density at radius 3 is 1.04 bits per heavy atom. The standard InChI is InChI=1S/C18H48N3O9PSi3.C13H36N3O7PSi2.C13H35N2O6PSi2/c1-21(2,3)11-14-28-31(23,24)27-13-10-19-16-20-17-34(9,25-4)30-33(7,8)29-32(5,6)18-26-15-12-22;1-16(2,3)9-11-22-24(17,18)21-10-8-14-12-15-13-26(7,20-4)23-25(5,6)19;1-15(2,3)10-12-20-22(16,17)19-11-9-14-13-24(8,18-4)21-23(5,6)7/h19-20,22H,10-18H2,1-9H3;14-15,19H,8-13H2,1-7H3;14H,9-13H2,1-8H3/p+3. The molecule has 510 valence electrons. The Morgan fingerprint density at radius 1 is 0.417 bits per heavy atom. The van der Waals surface area contributed by atoms with Crippen molar-refractivity contribution in [2.45, 2.75) is 78.6 Å². The Bertz CT molecular complexity index is 1890. The first-order valence-electron chi connectivity index (χ1n) is 28.0. The SMILES string of the molecule is CO[Si](C)(CNCCOP(=O)(O)OCC[N+](C)(C)C)O[Si](C)(C)C.CO[Si](C)(CNCNCCOP(=O)(O)OCC[N+](C)(C)C)O[Si](C)(C)O.CO[Si](C)(CNCNCCOP(=O)(O)OCC[N+](C)(C)C)O[Si](C)(C)O[Si](C)(C)COCCO. The van der Waals surface area contributed by atoms with E-state index in [1.54, 1.807) is 34.4 Å². The van der Waals surface area contributed by atoms with E-state index in [1.807, 2.05) is 96.2 Å². The first-order valence-corrected chi connectivity index (χ1v) is 52.2. The largest absolute Gasteiger partial charge is 0.472 e. The highest BCUT2D eigenvalue weighted by Gasteiger charge is 2.43. The van der Waals surface area contributed by atoms with Crippen LogP contribution in [-0.4, -0.2) is 312 Å². The monoisotopic (exact) mass is 1400 g/mol. The molecule has 0 aromatic heterocycles. The molecular formula is C44H122N8O22P3Si7+3. The lowest BCUT2D eigenvalue weighted by Gasteiger charge is -2.38. The number of hydrogen-bond donors (Lipinski definition) is 10. The molecule has 0 heterocycles. The molecule has 0 aromatic carbocycles. The molecule has 0 aliphatic carbocycles. The van der Waals surface area contributed by atoms with Crippen molar-refractivity contribution in [2.75, 3.05) is 215 Å². The maximum absolute atomic E-state index is 11.9. The van der Waals surface area contributed by atoms with E-state index in [0.29, 0.717) is 97.4 Å². The third-order valence-corrected chi connectivity index (χ3v) is 35.4. The molecule has 6 unspecified atom stereocenters. The zero-order valence-electron chi connectivity index (χ0n) is 56.0. The van der Waals surface area contributed by atoms with Crippen LogP contribution >= 0.6 is 23.5 Å². The van der Waals surface area contributed by atoms with E-state index in [4.69, 9.17) is 66.7 Å². The van der Waals surface area contributed by atoms with Crippen molar-refractivity contribution in [2.24, 2.45) is 0 Å². The van der Waals surface area contributed by atoms with Crippen molar-refractivity contribution >= 4 is 82.9 Å². The normalized spacial score (nSPS) is 17.5. The van der Waals surface area contributed by atoms with Gasteiger partial charge in [0.1, 0.15) is 39.5 Å². The minimum absolute atomic E-state index is 0.00768. The Hall–Kier alpha value is 1.13. The van der Waals surface area contributed by atoms with Crippen molar-refractivity contribution < 1.29 is 113 Å². The number of nitrogens with zero attached hydrogens (tertiary/aromatic N) is 3. The molecule has 0 saturated carbocycles. The zero-order valence-corrected chi connectivity index (χ0v) is 65.7.